The van der Waals surface area contributed by atoms with E-state index in [-0.39, 0.29) is 0 Å². The fraction of sp³-hybridized carbons (Fsp3) is 0.467. The van der Waals surface area contributed by atoms with Crippen molar-refractivity contribution in [2.75, 3.05) is 13.7 Å². The van der Waals surface area contributed by atoms with Crippen LogP contribution in [0.2, 0.25) is 0 Å². The molecule has 1 aromatic carbocycles. The van der Waals surface area contributed by atoms with Crippen molar-refractivity contribution in [1.29, 1.82) is 0 Å². The van der Waals surface area contributed by atoms with E-state index in [1.807, 2.05) is 24.3 Å². The van der Waals surface area contributed by atoms with Crippen molar-refractivity contribution in [3.05, 3.63) is 34.8 Å². The molecule has 0 unspecified atom stereocenters. The Hall–Kier alpha value is -1.50. The molecule has 0 bridgehead atoms. The normalized spacial score (nSPS) is 11.0. The van der Waals surface area contributed by atoms with Crippen molar-refractivity contribution in [3.8, 4) is 10.9 Å². The summed E-state index contributed by atoms with van der Waals surface area (Å²) < 4.78 is 10.8. The predicted octanol–water partition coefficient (Wildman–Crippen LogP) is 3.02. The van der Waals surface area contributed by atoms with Crippen molar-refractivity contribution in [1.82, 2.24) is 15.5 Å². The number of hydrogen-bond donors (Lipinski definition) is 1. The maximum Gasteiger partial charge on any atom is 0.299 e. The Morgan fingerprint density at radius 2 is 1.95 bits per heavy atom. The Balaban J connectivity index is 1.89. The quantitative estimate of drug-likeness (QED) is 0.812. The van der Waals surface area contributed by atoms with Gasteiger partial charge in [0.1, 0.15) is 10.8 Å². The molecule has 1 N–H and O–H groups in total. The number of methoxy groups -OCH3 is 1. The van der Waals surface area contributed by atoms with Crippen LogP contribution < -0.4 is 10.1 Å². The van der Waals surface area contributed by atoms with E-state index in [2.05, 4.69) is 29.4 Å². The van der Waals surface area contributed by atoms with E-state index in [0.717, 1.165) is 23.8 Å². The van der Waals surface area contributed by atoms with Gasteiger partial charge in [0.2, 0.25) is 0 Å². The summed E-state index contributed by atoms with van der Waals surface area (Å²) >= 11 is 1.46. The van der Waals surface area contributed by atoms with Crippen LogP contribution in [0.5, 0.6) is 10.9 Å². The minimum Gasteiger partial charge on any atom is -0.430 e. The van der Waals surface area contributed by atoms with Crippen molar-refractivity contribution >= 4 is 11.3 Å². The first-order valence-corrected chi connectivity index (χ1v) is 7.80. The maximum absolute atomic E-state index is 5.71. The molecule has 6 heteroatoms. The van der Waals surface area contributed by atoms with E-state index >= 15 is 0 Å². The molecule has 0 saturated carbocycles. The summed E-state index contributed by atoms with van der Waals surface area (Å²) in [6.45, 7) is 5.64. The molecule has 0 fully saturated rings. The molecule has 0 aliphatic heterocycles. The second-order valence-electron chi connectivity index (χ2n) is 4.99. The number of hydrogen-bond acceptors (Lipinski definition) is 6. The van der Waals surface area contributed by atoms with Crippen LogP contribution in [0.25, 0.3) is 0 Å². The molecule has 0 spiro atoms. The average Bonchev–Trinajstić information content (AvgIpc) is 2.92. The van der Waals surface area contributed by atoms with Crippen LogP contribution in [0, 0.1) is 0 Å². The van der Waals surface area contributed by atoms with E-state index in [4.69, 9.17) is 9.47 Å². The van der Waals surface area contributed by atoms with Gasteiger partial charge in [-0.1, -0.05) is 42.4 Å². The third-order valence-electron chi connectivity index (χ3n) is 2.83. The molecule has 0 radical (unpaired) electrons. The number of ether oxygens (including phenoxy) is 2. The molecule has 0 atom stereocenters. The lowest BCUT2D eigenvalue weighted by Crippen LogP contribution is -2.21. The summed E-state index contributed by atoms with van der Waals surface area (Å²) in [4.78, 5) is 0. The van der Waals surface area contributed by atoms with E-state index in [1.165, 1.54) is 16.9 Å². The molecule has 0 aliphatic carbocycles. The van der Waals surface area contributed by atoms with E-state index in [9.17, 15) is 0 Å². The summed E-state index contributed by atoms with van der Waals surface area (Å²) in [5, 5.41) is 13.0. The molecule has 21 heavy (non-hydrogen) atoms. The summed E-state index contributed by atoms with van der Waals surface area (Å²) in [7, 11) is 1.71. The first-order chi connectivity index (χ1) is 10.2. The lowest BCUT2D eigenvalue weighted by molar-refractivity contribution is 0.202. The highest BCUT2D eigenvalue weighted by molar-refractivity contribution is 7.13. The Morgan fingerprint density at radius 3 is 2.62 bits per heavy atom. The molecule has 1 aromatic heterocycles. The van der Waals surface area contributed by atoms with Crippen LogP contribution >= 0.6 is 11.3 Å². The van der Waals surface area contributed by atoms with Gasteiger partial charge in [-0.15, -0.1) is 5.10 Å². The van der Waals surface area contributed by atoms with Gasteiger partial charge in [-0.05, 0) is 24.1 Å². The standard InChI is InChI=1S/C15H21N3O2S/c1-11(2)16-10-14-17-18-15(21-14)20-13-6-4-12(5-7-13)8-9-19-3/h4-7,11,16H,8-10H2,1-3H3. The monoisotopic (exact) mass is 307 g/mol. The Labute approximate surface area is 129 Å². The van der Waals surface area contributed by atoms with Gasteiger partial charge in [0.25, 0.3) is 5.19 Å². The molecule has 0 saturated heterocycles. The molecule has 1 heterocycles. The first-order valence-electron chi connectivity index (χ1n) is 6.99. The van der Waals surface area contributed by atoms with Gasteiger partial charge in [-0.3, -0.25) is 0 Å². The van der Waals surface area contributed by atoms with Gasteiger partial charge >= 0.3 is 0 Å². The van der Waals surface area contributed by atoms with Gasteiger partial charge in [0.15, 0.2) is 0 Å². The van der Waals surface area contributed by atoms with Gasteiger partial charge in [0, 0.05) is 13.2 Å². The molecule has 2 rings (SSSR count). The van der Waals surface area contributed by atoms with Crippen LogP contribution in [0.15, 0.2) is 24.3 Å². The third kappa shape index (κ3) is 5.41. The second kappa shape index (κ2) is 8.07. The zero-order chi connectivity index (χ0) is 15.1. The van der Waals surface area contributed by atoms with E-state index < -0.39 is 0 Å². The highest BCUT2D eigenvalue weighted by atomic mass is 32.1. The molecule has 2 aromatic rings. The van der Waals surface area contributed by atoms with E-state index in [0.29, 0.717) is 17.8 Å². The maximum atomic E-state index is 5.71. The number of nitrogens with zero attached hydrogens (tertiary/aromatic N) is 2. The van der Waals surface area contributed by atoms with Crippen molar-refractivity contribution in [2.45, 2.75) is 32.9 Å². The smallest absolute Gasteiger partial charge is 0.299 e. The third-order valence-corrected chi connectivity index (χ3v) is 3.63. The van der Waals surface area contributed by atoms with Gasteiger partial charge in [-0.25, -0.2) is 0 Å². The van der Waals surface area contributed by atoms with Crippen LogP contribution in [-0.4, -0.2) is 30.0 Å². The zero-order valence-electron chi connectivity index (χ0n) is 12.6. The van der Waals surface area contributed by atoms with Gasteiger partial charge in [0.05, 0.1) is 13.2 Å². The van der Waals surface area contributed by atoms with Crippen molar-refractivity contribution in [2.24, 2.45) is 0 Å². The topological polar surface area (TPSA) is 56.3 Å². The minimum absolute atomic E-state index is 0.429. The molecule has 114 valence electrons. The summed E-state index contributed by atoms with van der Waals surface area (Å²) in [6, 6.07) is 8.39. The highest BCUT2D eigenvalue weighted by Gasteiger charge is 2.07. The molecule has 5 nitrogen and oxygen atoms in total. The second-order valence-corrected chi connectivity index (χ2v) is 6.01. The van der Waals surface area contributed by atoms with Gasteiger partial charge < -0.3 is 14.8 Å². The highest BCUT2D eigenvalue weighted by Crippen LogP contribution is 2.25. The van der Waals surface area contributed by atoms with Crippen LogP contribution in [0.3, 0.4) is 0 Å². The van der Waals surface area contributed by atoms with Crippen molar-refractivity contribution < 1.29 is 9.47 Å². The van der Waals surface area contributed by atoms with Crippen molar-refractivity contribution in [3.63, 3.8) is 0 Å². The summed E-state index contributed by atoms with van der Waals surface area (Å²) in [5.41, 5.74) is 1.23. The number of benzene rings is 1. The summed E-state index contributed by atoms with van der Waals surface area (Å²) in [5.74, 6) is 0.774. The molecular formula is C15H21N3O2S. The van der Waals surface area contributed by atoms with Crippen LogP contribution in [0.1, 0.15) is 24.4 Å². The van der Waals surface area contributed by atoms with Crippen LogP contribution in [-0.2, 0) is 17.7 Å². The van der Waals surface area contributed by atoms with Crippen LogP contribution in [0.4, 0.5) is 0 Å². The first kappa shape index (κ1) is 15.9. The fourth-order valence-corrected chi connectivity index (χ4v) is 2.35. The zero-order valence-corrected chi connectivity index (χ0v) is 13.4. The number of nitrogens with one attached hydrogen (secondary N) is 1. The lowest BCUT2D eigenvalue weighted by Gasteiger charge is -2.04. The fourth-order valence-electron chi connectivity index (χ4n) is 1.69. The summed E-state index contributed by atoms with van der Waals surface area (Å²) in [6.07, 6.45) is 0.903. The molecule has 0 amide bonds. The number of aromatic nitrogens is 2. The van der Waals surface area contributed by atoms with Gasteiger partial charge in [-0.2, -0.15) is 0 Å². The Kier molecular flexibility index (Phi) is 6.10. The average molecular weight is 307 g/mol. The SMILES string of the molecule is COCCc1ccc(Oc2nnc(CNC(C)C)s2)cc1. The molecular weight excluding hydrogens is 286 g/mol. The van der Waals surface area contributed by atoms with E-state index in [1.54, 1.807) is 7.11 Å². The minimum atomic E-state index is 0.429. The Bertz CT molecular complexity index is 540. The predicted molar refractivity (Wildman–Crippen MR) is 84.0 cm³/mol. The molecule has 0 aliphatic rings. The number of rotatable bonds is 8. The largest absolute Gasteiger partial charge is 0.430 e. The Morgan fingerprint density at radius 1 is 1.19 bits per heavy atom. The lowest BCUT2D eigenvalue weighted by atomic mass is 10.1.